The highest BCUT2D eigenvalue weighted by Crippen LogP contribution is 2.11. The molecule has 11 heteroatoms. The molecule has 0 aliphatic heterocycles. The smallest absolute Gasteiger partial charge is 0.408 e. The van der Waals surface area contributed by atoms with Gasteiger partial charge < -0.3 is 31.2 Å². The maximum Gasteiger partial charge on any atom is 0.408 e. The van der Waals surface area contributed by atoms with Crippen molar-refractivity contribution in [2.24, 2.45) is 11.7 Å². The van der Waals surface area contributed by atoms with E-state index in [0.29, 0.717) is 6.42 Å². The van der Waals surface area contributed by atoms with Crippen LogP contribution in [0.25, 0.3) is 0 Å². The SMILES string of the molecule is CCOC(=O)/C=C/CC[C@H](NC(=O)[C@H](Cc1ccccc1)NC(=O)OC(C)(C)C)C(=O)N[C@@H](CC(C)C)C(N)=O. The molecule has 0 aliphatic rings. The van der Waals surface area contributed by atoms with E-state index in [0.717, 1.165) is 5.56 Å². The molecule has 0 saturated heterocycles. The van der Waals surface area contributed by atoms with Crippen LogP contribution in [0, 0.1) is 5.92 Å². The number of benzene rings is 1. The third-order valence-electron chi connectivity index (χ3n) is 5.45. The molecule has 0 heterocycles. The van der Waals surface area contributed by atoms with Crippen molar-refractivity contribution in [2.75, 3.05) is 6.61 Å². The third-order valence-corrected chi connectivity index (χ3v) is 5.45. The summed E-state index contributed by atoms with van der Waals surface area (Å²) in [5.41, 5.74) is 5.49. The Morgan fingerprint density at radius 1 is 0.925 bits per heavy atom. The summed E-state index contributed by atoms with van der Waals surface area (Å²) in [5.74, 6) is -2.38. The van der Waals surface area contributed by atoms with Crippen LogP contribution in [-0.2, 0) is 35.1 Å². The lowest BCUT2D eigenvalue weighted by Gasteiger charge is -2.26. The van der Waals surface area contributed by atoms with Crippen LogP contribution >= 0.6 is 0 Å². The molecular formula is C29H44N4O7. The molecule has 0 saturated carbocycles. The molecule has 1 rings (SSSR count). The third kappa shape index (κ3) is 14.3. The fourth-order valence-corrected chi connectivity index (χ4v) is 3.67. The van der Waals surface area contributed by atoms with Gasteiger partial charge in [0.15, 0.2) is 0 Å². The second kappa shape index (κ2) is 16.9. The Kier molecular flexibility index (Phi) is 14.5. The van der Waals surface area contributed by atoms with Crippen LogP contribution in [0.1, 0.15) is 66.4 Å². The van der Waals surface area contributed by atoms with Gasteiger partial charge in [-0.3, -0.25) is 14.4 Å². The van der Waals surface area contributed by atoms with Gasteiger partial charge in [0.2, 0.25) is 17.7 Å². The number of carbonyl (C=O) groups excluding carboxylic acids is 5. The summed E-state index contributed by atoms with van der Waals surface area (Å²) in [6.07, 6.45) is 2.80. The second-order valence-electron chi connectivity index (χ2n) is 10.8. The minimum atomic E-state index is -1.09. The maximum atomic E-state index is 13.4. The van der Waals surface area contributed by atoms with Gasteiger partial charge in [-0.05, 0) is 58.4 Å². The highest BCUT2D eigenvalue weighted by atomic mass is 16.6. The summed E-state index contributed by atoms with van der Waals surface area (Å²) in [6.45, 7) is 10.8. The number of rotatable bonds is 15. The van der Waals surface area contributed by atoms with Gasteiger partial charge in [-0.1, -0.05) is 50.3 Å². The van der Waals surface area contributed by atoms with Gasteiger partial charge in [0.25, 0.3) is 0 Å². The predicted molar refractivity (Wildman–Crippen MR) is 151 cm³/mol. The molecule has 40 heavy (non-hydrogen) atoms. The van der Waals surface area contributed by atoms with Gasteiger partial charge in [0, 0.05) is 12.5 Å². The van der Waals surface area contributed by atoms with Gasteiger partial charge >= 0.3 is 12.1 Å². The van der Waals surface area contributed by atoms with E-state index in [2.05, 4.69) is 16.0 Å². The van der Waals surface area contributed by atoms with Crippen molar-refractivity contribution in [2.45, 2.75) is 91.0 Å². The number of nitrogens with one attached hydrogen (secondary N) is 3. The zero-order valence-corrected chi connectivity index (χ0v) is 24.3. The summed E-state index contributed by atoms with van der Waals surface area (Å²) in [7, 11) is 0. The summed E-state index contributed by atoms with van der Waals surface area (Å²) in [6, 6.07) is 5.98. The first-order valence-electron chi connectivity index (χ1n) is 13.5. The number of alkyl carbamates (subject to hydrolysis) is 1. The Labute approximate surface area is 236 Å². The van der Waals surface area contributed by atoms with Crippen LogP contribution in [0.2, 0.25) is 0 Å². The summed E-state index contributed by atoms with van der Waals surface area (Å²) in [5, 5.41) is 7.91. The first-order chi connectivity index (χ1) is 18.7. The van der Waals surface area contributed by atoms with E-state index in [1.165, 1.54) is 12.2 Å². The number of ether oxygens (including phenoxy) is 2. The fraction of sp³-hybridized carbons (Fsp3) is 0.552. The molecule has 0 fully saturated rings. The van der Waals surface area contributed by atoms with Crippen LogP contribution in [-0.4, -0.2) is 60.1 Å². The molecule has 1 aromatic rings. The van der Waals surface area contributed by atoms with E-state index in [1.807, 2.05) is 44.2 Å². The first kappa shape index (κ1) is 34.1. The number of hydrogen-bond donors (Lipinski definition) is 4. The largest absolute Gasteiger partial charge is 0.463 e. The molecule has 0 unspecified atom stereocenters. The van der Waals surface area contributed by atoms with Crippen molar-refractivity contribution >= 4 is 29.8 Å². The van der Waals surface area contributed by atoms with Gasteiger partial charge in [0.05, 0.1) is 6.61 Å². The van der Waals surface area contributed by atoms with Gasteiger partial charge in [-0.2, -0.15) is 0 Å². The monoisotopic (exact) mass is 560 g/mol. The maximum absolute atomic E-state index is 13.4. The van der Waals surface area contributed by atoms with Crippen LogP contribution in [0.15, 0.2) is 42.5 Å². The average Bonchev–Trinajstić information content (AvgIpc) is 2.84. The van der Waals surface area contributed by atoms with Gasteiger partial charge in [0.1, 0.15) is 23.7 Å². The molecule has 0 bridgehead atoms. The first-order valence-corrected chi connectivity index (χ1v) is 13.5. The Bertz CT molecular complexity index is 1020. The molecule has 4 amide bonds. The number of nitrogens with two attached hydrogens (primary N) is 1. The van der Waals surface area contributed by atoms with Crippen LogP contribution < -0.4 is 21.7 Å². The molecule has 3 atom stereocenters. The van der Waals surface area contributed by atoms with Crippen molar-refractivity contribution in [1.82, 2.24) is 16.0 Å². The Morgan fingerprint density at radius 2 is 1.52 bits per heavy atom. The Morgan fingerprint density at radius 3 is 2.08 bits per heavy atom. The fourth-order valence-electron chi connectivity index (χ4n) is 3.67. The van der Waals surface area contributed by atoms with E-state index in [4.69, 9.17) is 15.2 Å². The minimum Gasteiger partial charge on any atom is -0.463 e. The molecule has 11 nitrogen and oxygen atoms in total. The molecule has 0 aromatic heterocycles. The van der Waals surface area contributed by atoms with Crippen LogP contribution in [0.4, 0.5) is 4.79 Å². The number of primary amides is 1. The highest BCUT2D eigenvalue weighted by Gasteiger charge is 2.30. The molecule has 0 radical (unpaired) electrons. The Hall–Kier alpha value is -3.89. The minimum absolute atomic E-state index is 0.0756. The lowest BCUT2D eigenvalue weighted by atomic mass is 10.0. The lowest BCUT2D eigenvalue weighted by molar-refractivity contribution is -0.137. The summed E-state index contributed by atoms with van der Waals surface area (Å²) >= 11 is 0. The normalized spacial score (nSPS) is 13.7. The second-order valence-corrected chi connectivity index (χ2v) is 10.8. The molecular weight excluding hydrogens is 516 g/mol. The van der Waals surface area contributed by atoms with Gasteiger partial charge in [-0.25, -0.2) is 9.59 Å². The highest BCUT2D eigenvalue weighted by molar-refractivity contribution is 5.93. The average molecular weight is 561 g/mol. The summed E-state index contributed by atoms with van der Waals surface area (Å²) in [4.78, 5) is 62.8. The molecule has 0 aliphatic carbocycles. The van der Waals surface area contributed by atoms with Crippen molar-refractivity contribution in [3.05, 3.63) is 48.0 Å². The molecule has 0 spiro atoms. The van der Waals surface area contributed by atoms with Crippen molar-refractivity contribution in [3.8, 4) is 0 Å². The zero-order chi connectivity index (χ0) is 30.3. The topological polar surface area (TPSA) is 166 Å². The number of allylic oxidation sites excluding steroid dienone is 1. The van der Waals surface area contributed by atoms with E-state index in [1.54, 1.807) is 27.7 Å². The molecule has 1 aromatic carbocycles. The van der Waals surface area contributed by atoms with Crippen LogP contribution in [0.3, 0.4) is 0 Å². The van der Waals surface area contributed by atoms with E-state index >= 15 is 0 Å². The van der Waals surface area contributed by atoms with Gasteiger partial charge in [-0.15, -0.1) is 0 Å². The van der Waals surface area contributed by atoms with Crippen molar-refractivity contribution < 1.29 is 33.4 Å². The number of carbonyl (C=O) groups is 5. The Balaban J connectivity index is 3.16. The number of esters is 1. The zero-order valence-electron chi connectivity index (χ0n) is 24.3. The van der Waals surface area contributed by atoms with E-state index < -0.39 is 53.5 Å². The van der Waals surface area contributed by atoms with Crippen molar-refractivity contribution in [1.29, 1.82) is 0 Å². The quantitative estimate of drug-likeness (QED) is 0.189. The molecule has 222 valence electrons. The van der Waals surface area contributed by atoms with Crippen molar-refractivity contribution in [3.63, 3.8) is 0 Å². The number of hydrogen-bond acceptors (Lipinski definition) is 7. The van der Waals surface area contributed by atoms with E-state index in [-0.39, 0.29) is 31.8 Å². The summed E-state index contributed by atoms with van der Waals surface area (Å²) < 4.78 is 10.2. The van der Waals surface area contributed by atoms with E-state index in [9.17, 15) is 24.0 Å². The molecule has 5 N–H and O–H groups in total. The number of amides is 4. The lowest BCUT2D eigenvalue weighted by Crippen LogP contribution is -2.57. The predicted octanol–water partition coefficient (Wildman–Crippen LogP) is 2.52. The van der Waals surface area contributed by atoms with Crippen LogP contribution in [0.5, 0.6) is 0 Å². The standard InChI is InChI=1S/C29H44N4O7/c1-7-39-24(34)16-12-11-15-21(26(36)32-22(25(30)35)17-19(2)3)31-27(37)23(18-20-13-9-8-10-14-20)33-28(38)40-29(4,5)6/h8-10,12-14,16,19,21-23H,7,11,15,17-18H2,1-6H3,(H2,30,35)(H,31,37)(H,32,36)(H,33,38)/b16-12+/t21-,22-,23-/m0/s1.